The van der Waals surface area contributed by atoms with Crippen LogP contribution in [0, 0.1) is 0 Å². The molecule has 29 heavy (non-hydrogen) atoms. The molecule has 0 bridgehead atoms. The van der Waals surface area contributed by atoms with E-state index in [0.717, 1.165) is 70.6 Å². The van der Waals surface area contributed by atoms with Gasteiger partial charge in [0.25, 0.3) is 0 Å². The van der Waals surface area contributed by atoms with Crippen molar-refractivity contribution in [3.8, 4) is 0 Å². The van der Waals surface area contributed by atoms with E-state index in [0.29, 0.717) is 6.61 Å². The average Bonchev–Trinajstić information content (AvgIpc) is 2.72. The first-order valence-corrected chi connectivity index (χ1v) is 11.7. The molecule has 1 aromatic carbocycles. The summed E-state index contributed by atoms with van der Waals surface area (Å²) in [7, 11) is 0. The van der Waals surface area contributed by atoms with Gasteiger partial charge in [-0.2, -0.15) is 0 Å². The number of hydrogen-bond acceptors (Lipinski definition) is 3. The summed E-state index contributed by atoms with van der Waals surface area (Å²) in [5.74, 6) is -0.707. The number of rotatable bonds is 19. The highest BCUT2D eigenvalue weighted by molar-refractivity contribution is 5.66. The molecule has 0 heterocycles. The number of aliphatic hydroxyl groups is 1. The van der Waals surface area contributed by atoms with Gasteiger partial charge in [0.1, 0.15) is 0 Å². The molecule has 1 rings (SSSR count). The zero-order valence-electron chi connectivity index (χ0n) is 18.4. The summed E-state index contributed by atoms with van der Waals surface area (Å²) in [5, 5.41) is 18.7. The molecule has 0 fully saturated rings. The van der Waals surface area contributed by atoms with E-state index in [1.807, 2.05) is 18.2 Å². The van der Waals surface area contributed by atoms with E-state index in [4.69, 9.17) is 9.84 Å². The SMILES string of the molecule is CCCCC(O)CCCCCCC(CCCCCC(=O)O)OCc1ccccc1. The van der Waals surface area contributed by atoms with Crippen molar-refractivity contribution in [2.45, 2.75) is 116 Å². The molecule has 0 saturated carbocycles. The van der Waals surface area contributed by atoms with E-state index in [1.54, 1.807) is 0 Å². The highest BCUT2D eigenvalue weighted by Crippen LogP contribution is 2.18. The average molecular weight is 407 g/mol. The minimum atomic E-state index is -0.707. The summed E-state index contributed by atoms with van der Waals surface area (Å²) in [6, 6.07) is 10.3. The van der Waals surface area contributed by atoms with Gasteiger partial charge in [-0.3, -0.25) is 4.79 Å². The molecular formula is C25H42O4. The van der Waals surface area contributed by atoms with Gasteiger partial charge in [0, 0.05) is 6.42 Å². The summed E-state index contributed by atoms with van der Waals surface area (Å²) < 4.78 is 6.19. The van der Waals surface area contributed by atoms with Crippen LogP contribution in [0.15, 0.2) is 30.3 Å². The first-order chi connectivity index (χ1) is 14.1. The topological polar surface area (TPSA) is 66.8 Å². The summed E-state index contributed by atoms with van der Waals surface area (Å²) in [6.07, 6.45) is 13.9. The standard InChI is InChI=1S/C25H42O4/c1-2-3-16-23(26)17-10-4-5-11-18-24(19-12-7-13-20-25(27)28)29-21-22-14-8-6-9-15-22/h6,8-9,14-15,23-24,26H,2-5,7,10-13,16-21H2,1H3,(H,27,28). The Hall–Kier alpha value is -1.39. The van der Waals surface area contributed by atoms with Crippen molar-refractivity contribution in [1.82, 2.24) is 0 Å². The second-order valence-corrected chi connectivity index (χ2v) is 8.20. The number of benzene rings is 1. The second-order valence-electron chi connectivity index (χ2n) is 8.20. The number of carboxylic acid groups (broad SMARTS) is 1. The Kier molecular flexibility index (Phi) is 15.4. The lowest BCUT2D eigenvalue weighted by Crippen LogP contribution is -2.13. The highest BCUT2D eigenvalue weighted by Gasteiger charge is 2.10. The van der Waals surface area contributed by atoms with Crippen molar-refractivity contribution >= 4 is 5.97 Å². The summed E-state index contributed by atoms with van der Waals surface area (Å²) in [4.78, 5) is 10.6. The molecule has 0 radical (unpaired) electrons. The van der Waals surface area contributed by atoms with Gasteiger partial charge in [0.15, 0.2) is 0 Å². The molecule has 0 aliphatic heterocycles. The molecule has 166 valence electrons. The van der Waals surface area contributed by atoms with Gasteiger partial charge in [-0.25, -0.2) is 0 Å². The second kappa shape index (κ2) is 17.5. The predicted octanol–water partition coefficient (Wildman–Crippen LogP) is 6.50. The minimum Gasteiger partial charge on any atom is -0.481 e. The zero-order chi connectivity index (χ0) is 21.2. The minimum absolute atomic E-state index is 0.122. The molecule has 0 aliphatic rings. The number of aliphatic carboxylic acids is 1. The van der Waals surface area contributed by atoms with Gasteiger partial charge in [-0.15, -0.1) is 0 Å². The molecule has 0 aromatic heterocycles. The molecule has 2 N–H and O–H groups in total. The number of carbonyl (C=O) groups is 1. The maximum atomic E-state index is 10.6. The Morgan fingerprint density at radius 3 is 2.07 bits per heavy atom. The summed E-state index contributed by atoms with van der Waals surface area (Å²) in [5.41, 5.74) is 1.20. The Balaban J connectivity index is 2.23. The largest absolute Gasteiger partial charge is 0.481 e. The quantitative estimate of drug-likeness (QED) is 0.257. The van der Waals surface area contributed by atoms with Gasteiger partial charge < -0.3 is 14.9 Å². The van der Waals surface area contributed by atoms with Crippen LogP contribution in [0.1, 0.15) is 102 Å². The van der Waals surface area contributed by atoms with E-state index in [1.165, 1.54) is 18.4 Å². The molecule has 4 nitrogen and oxygen atoms in total. The van der Waals surface area contributed by atoms with Crippen molar-refractivity contribution in [2.24, 2.45) is 0 Å². The maximum absolute atomic E-state index is 10.6. The van der Waals surface area contributed by atoms with Crippen molar-refractivity contribution in [3.63, 3.8) is 0 Å². The van der Waals surface area contributed by atoms with Crippen LogP contribution in [0.2, 0.25) is 0 Å². The third kappa shape index (κ3) is 15.2. The molecule has 0 amide bonds. The van der Waals surface area contributed by atoms with Crippen LogP contribution in [0.4, 0.5) is 0 Å². The van der Waals surface area contributed by atoms with Crippen LogP contribution < -0.4 is 0 Å². The Bertz CT molecular complexity index is 503. The Morgan fingerprint density at radius 2 is 1.45 bits per heavy atom. The molecule has 0 spiro atoms. The van der Waals surface area contributed by atoms with Crippen LogP contribution in [0.5, 0.6) is 0 Å². The van der Waals surface area contributed by atoms with Gasteiger partial charge in [0.05, 0.1) is 18.8 Å². The van der Waals surface area contributed by atoms with Gasteiger partial charge in [-0.05, 0) is 37.7 Å². The molecule has 2 atom stereocenters. The van der Waals surface area contributed by atoms with Crippen LogP contribution >= 0.6 is 0 Å². The third-order valence-electron chi connectivity index (χ3n) is 5.45. The fourth-order valence-corrected chi connectivity index (χ4v) is 3.61. The van der Waals surface area contributed by atoms with Gasteiger partial charge >= 0.3 is 5.97 Å². The molecule has 0 aliphatic carbocycles. The Morgan fingerprint density at radius 1 is 0.862 bits per heavy atom. The van der Waals surface area contributed by atoms with Crippen LogP contribution in [-0.2, 0) is 16.1 Å². The summed E-state index contributed by atoms with van der Waals surface area (Å²) in [6.45, 7) is 2.80. The van der Waals surface area contributed by atoms with Gasteiger partial charge in [0.2, 0.25) is 0 Å². The number of carboxylic acids is 1. The van der Waals surface area contributed by atoms with Gasteiger partial charge in [-0.1, -0.05) is 88.6 Å². The smallest absolute Gasteiger partial charge is 0.303 e. The van der Waals surface area contributed by atoms with E-state index >= 15 is 0 Å². The summed E-state index contributed by atoms with van der Waals surface area (Å²) >= 11 is 0. The van der Waals surface area contributed by atoms with Crippen LogP contribution in [-0.4, -0.2) is 28.4 Å². The van der Waals surface area contributed by atoms with Crippen molar-refractivity contribution in [2.75, 3.05) is 0 Å². The first kappa shape index (κ1) is 25.6. The third-order valence-corrected chi connectivity index (χ3v) is 5.45. The monoisotopic (exact) mass is 406 g/mol. The first-order valence-electron chi connectivity index (χ1n) is 11.7. The van der Waals surface area contributed by atoms with E-state index in [-0.39, 0.29) is 18.6 Å². The van der Waals surface area contributed by atoms with Crippen molar-refractivity contribution < 1.29 is 19.7 Å². The fourth-order valence-electron chi connectivity index (χ4n) is 3.61. The highest BCUT2D eigenvalue weighted by atomic mass is 16.5. The van der Waals surface area contributed by atoms with E-state index < -0.39 is 5.97 Å². The number of hydrogen-bond donors (Lipinski definition) is 2. The lowest BCUT2D eigenvalue weighted by Gasteiger charge is -2.18. The maximum Gasteiger partial charge on any atom is 0.303 e. The van der Waals surface area contributed by atoms with Crippen LogP contribution in [0.25, 0.3) is 0 Å². The van der Waals surface area contributed by atoms with Crippen molar-refractivity contribution in [3.05, 3.63) is 35.9 Å². The van der Waals surface area contributed by atoms with E-state index in [2.05, 4.69) is 19.1 Å². The van der Waals surface area contributed by atoms with E-state index in [9.17, 15) is 9.90 Å². The molecule has 1 aromatic rings. The fraction of sp³-hybridized carbons (Fsp3) is 0.720. The predicted molar refractivity (Wildman–Crippen MR) is 119 cm³/mol. The molecule has 4 heteroatoms. The molecule has 2 unspecified atom stereocenters. The normalized spacial score (nSPS) is 13.3. The molecule has 0 saturated heterocycles. The van der Waals surface area contributed by atoms with Crippen molar-refractivity contribution in [1.29, 1.82) is 0 Å². The number of aliphatic hydroxyl groups excluding tert-OH is 1. The lowest BCUT2D eigenvalue weighted by molar-refractivity contribution is -0.137. The number of unbranched alkanes of at least 4 members (excludes halogenated alkanes) is 6. The lowest BCUT2D eigenvalue weighted by atomic mass is 10.0. The molecular weight excluding hydrogens is 364 g/mol. The Labute approximate surface area is 177 Å². The van der Waals surface area contributed by atoms with Crippen LogP contribution in [0.3, 0.4) is 0 Å². The zero-order valence-corrected chi connectivity index (χ0v) is 18.4. The number of ether oxygens (including phenoxy) is 1.